The van der Waals surface area contributed by atoms with Crippen LogP contribution in [-0.2, 0) is 29.1 Å². The summed E-state index contributed by atoms with van der Waals surface area (Å²) in [5.74, 6) is -2.71. The molecule has 0 amide bonds. The smallest absolute Gasteiger partial charge is 0.338 e. The van der Waals surface area contributed by atoms with E-state index < -0.39 is 49.4 Å². The Bertz CT molecular complexity index is 1660. The van der Waals surface area contributed by atoms with Gasteiger partial charge in [-0.05, 0) is 72.7 Å². The summed E-state index contributed by atoms with van der Waals surface area (Å²) in [5.41, 5.74) is -0.0939. The van der Waals surface area contributed by atoms with Gasteiger partial charge in [0.1, 0.15) is 12.6 Å². The van der Waals surface area contributed by atoms with Crippen LogP contribution in [0.4, 0.5) is 8.78 Å². The molecule has 1 aliphatic carbocycles. The van der Waals surface area contributed by atoms with E-state index >= 15 is 0 Å². The number of nitrogens with one attached hydrogen (secondary N) is 1. The summed E-state index contributed by atoms with van der Waals surface area (Å²) < 4.78 is 68.2. The molecule has 3 heterocycles. The first kappa shape index (κ1) is 36.4. The van der Waals surface area contributed by atoms with Crippen molar-refractivity contribution in [1.82, 2.24) is 14.6 Å². The summed E-state index contributed by atoms with van der Waals surface area (Å²) in [6.45, 7) is 2.58. The van der Waals surface area contributed by atoms with Gasteiger partial charge in [-0.3, -0.25) is 9.79 Å². The molecule has 0 radical (unpaired) electrons. The summed E-state index contributed by atoms with van der Waals surface area (Å²) in [7, 11) is -0.891. The van der Waals surface area contributed by atoms with Gasteiger partial charge in [-0.15, -0.1) is 11.3 Å². The van der Waals surface area contributed by atoms with E-state index in [1.165, 1.54) is 28.8 Å². The summed E-state index contributed by atoms with van der Waals surface area (Å²) >= 11 is 9.71. The van der Waals surface area contributed by atoms with Crippen LogP contribution in [0, 0.1) is 23.0 Å². The van der Waals surface area contributed by atoms with Gasteiger partial charge in [0, 0.05) is 47.6 Å². The zero-order valence-electron chi connectivity index (χ0n) is 25.6. The van der Waals surface area contributed by atoms with Gasteiger partial charge in [-0.25, -0.2) is 31.3 Å². The topological polar surface area (TPSA) is 127 Å². The minimum atomic E-state index is -3.66. The van der Waals surface area contributed by atoms with Crippen molar-refractivity contribution in [3.8, 4) is 0 Å². The van der Waals surface area contributed by atoms with Crippen molar-refractivity contribution >= 4 is 80.9 Å². The maximum atomic E-state index is 14.6. The number of allylic oxidation sites excluding steroid dienone is 1. The number of thiazole rings is 1. The predicted molar refractivity (Wildman–Crippen MR) is 186 cm³/mol. The zero-order valence-corrected chi connectivity index (χ0v) is 31.0. The van der Waals surface area contributed by atoms with Crippen LogP contribution in [0.5, 0.6) is 0 Å². The van der Waals surface area contributed by atoms with Crippen molar-refractivity contribution in [2.45, 2.75) is 56.7 Å². The summed E-state index contributed by atoms with van der Waals surface area (Å²) in [6.07, 6.45) is 3.91. The number of amidine groups is 1. The number of piperidine rings is 1. The number of methoxy groups -OCH3 is 1. The Morgan fingerprint density at radius 1 is 1.21 bits per heavy atom. The molecule has 3 aliphatic rings. The van der Waals surface area contributed by atoms with E-state index in [0.717, 1.165) is 6.07 Å². The molecule has 47 heavy (non-hydrogen) atoms. The molecule has 1 atom stereocenters. The number of ether oxygens (including phenoxy) is 2. The van der Waals surface area contributed by atoms with Crippen LogP contribution in [0.15, 0.2) is 40.0 Å². The fourth-order valence-corrected chi connectivity index (χ4v) is 9.83. The van der Waals surface area contributed by atoms with Gasteiger partial charge >= 0.3 is 11.9 Å². The number of esters is 2. The number of hydrogen-bond acceptors (Lipinski definition) is 11. The summed E-state index contributed by atoms with van der Waals surface area (Å²) in [5, 5.41) is 4.40. The number of carbonyl (C=O) groups excluding carboxylic acids is 2. The molecule has 2 fully saturated rings. The largest absolute Gasteiger partial charge is 0.466 e. The first-order chi connectivity index (χ1) is 22.4. The van der Waals surface area contributed by atoms with Gasteiger partial charge in [0.2, 0.25) is 10.0 Å². The molecule has 0 bridgehead atoms. The lowest BCUT2D eigenvalue weighted by molar-refractivity contribution is -0.156. The number of aromatic nitrogens is 1. The molecular weight excluding hydrogens is 809 g/mol. The first-order valence-electron chi connectivity index (χ1n) is 15.0. The highest BCUT2D eigenvalue weighted by Crippen LogP contribution is 2.43. The van der Waals surface area contributed by atoms with Crippen LogP contribution >= 0.6 is 53.1 Å². The maximum Gasteiger partial charge on any atom is 0.338 e. The number of sulfonamides is 1. The molecule has 10 nitrogen and oxygen atoms in total. The van der Waals surface area contributed by atoms with Crippen LogP contribution in [-0.4, -0.2) is 73.3 Å². The molecule has 2 aliphatic heterocycles. The molecule has 0 spiro atoms. The number of nitrogens with zero attached hydrogens (tertiary/aromatic N) is 3. The Morgan fingerprint density at radius 3 is 2.53 bits per heavy atom. The van der Waals surface area contributed by atoms with Gasteiger partial charge in [0.15, 0.2) is 22.5 Å². The number of rotatable bonds is 10. The maximum absolute atomic E-state index is 14.6. The Labute approximate surface area is 297 Å². The zero-order chi connectivity index (χ0) is 33.9. The molecule has 256 valence electrons. The lowest BCUT2D eigenvalue weighted by Gasteiger charge is -2.39. The van der Waals surface area contributed by atoms with E-state index in [1.807, 2.05) is 6.92 Å². The SMILES string of the molecule is COC(=O)C1=C(C2CCN(S(=O)(=O)C3CCC(C)(C(=O)OCCSI)CC3)CC2)NC(c2nccs2)=NC1c1ccc(F)c(F)c1Cl. The van der Waals surface area contributed by atoms with Crippen molar-refractivity contribution < 1.29 is 36.3 Å². The molecule has 2 aromatic rings. The Balaban J connectivity index is 1.36. The molecule has 1 unspecified atom stereocenters. The second-order valence-corrected chi connectivity index (χ2v) is 17.8. The molecule has 5 rings (SSSR count). The number of hydrogen-bond donors (Lipinski definition) is 1. The van der Waals surface area contributed by atoms with Crippen LogP contribution in [0.3, 0.4) is 0 Å². The fraction of sp³-hybridized carbons (Fsp3) is 0.533. The molecule has 1 saturated carbocycles. The van der Waals surface area contributed by atoms with Gasteiger partial charge < -0.3 is 14.8 Å². The minimum Gasteiger partial charge on any atom is -0.466 e. The monoisotopic (exact) mass is 842 g/mol. The first-order valence-corrected chi connectivity index (χ1v) is 21.3. The van der Waals surface area contributed by atoms with Crippen molar-refractivity contribution in [2.75, 3.05) is 32.6 Å². The van der Waals surface area contributed by atoms with Crippen LogP contribution in [0.1, 0.15) is 62.1 Å². The van der Waals surface area contributed by atoms with E-state index in [-0.39, 0.29) is 36.1 Å². The van der Waals surface area contributed by atoms with Crippen LogP contribution in [0.2, 0.25) is 5.02 Å². The lowest BCUT2D eigenvalue weighted by Crippen LogP contribution is -2.47. The van der Waals surface area contributed by atoms with Gasteiger partial charge in [0.05, 0.1) is 28.4 Å². The molecule has 1 aromatic carbocycles. The molecule has 1 N–H and O–H groups in total. The highest BCUT2D eigenvalue weighted by atomic mass is 127. The third kappa shape index (κ3) is 7.66. The number of halogens is 4. The second-order valence-electron chi connectivity index (χ2n) is 11.9. The number of benzene rings is 1. The number of aliphatic imine (C=N–C) groups is 1. The minimum absolute atomic E-state index is 0.0797. The van der Waals surface area contributed by atoms with Crippen molar-refractivity contribution in [1.29, 1.82) is 0 Å². The lowest BCUT2D eigenvalue weighted by atomic mass is 9.75. The molecular formula is C30H34ClF2IN4O6S3. The van der Waals surface area contributed by atoms with Gasteiger partial charge in [-0.2, -0.15) is 0 Å². The van der Waals surface area contributed by atoms with Gasteiger partial charge in [0.25, 0.3) is 0 Å². The second kappa shape index (κ2) is 15.4. The molecule has 1 aromatic heterocycles. The highest BCUT2D eigenvalue weighted by molar-refractivity contribution is 14.2. The van der Waals surface area contributed by atoms with Crippen molar-refractivity contribution in [3.63, 3.8) is 0 Å². The Morgan fingerprint density at radius 2 is 1.91 bits per heavy atom. The van der Waals surface area contributed by atoms with E-state index in [0.29, 0.717) is 67.4 Å². The van der Waals surface area contributed by atoms with Crippen LogP contribution in [0.25, 0.3) is 0 Å². The summed E-state index contributed by atoms with van der Waals surface area (Å²) in [4.78, 5) is 35.0. The average Bonchev–Trinajstić information content (AvgIpc) is 3.62. The van der Waals surface area contributed by atoms with E-state index in [4.69, 9.17) is 21.1 Å². The highest BCUT2D eigenvalue weighted by Gasteiger charge is 2.45. The Kier molecular flexibility index (Phi) is 11.9. The summed E-state index contributed by atoms with van der Waals surface area (Å²) in [6, 6.07) is 1.08. The molecule has 17 heteroatoms. The van der Waals surface area contributed by atoms with E-state index in [2.05, 4.69) is 36.5 Å². The average molecular weight is 843 g/mol. The molecule has 1 saturated heterocycles. The Hall–Kier alpha value is -1.86. The van der Waals surface area contributed by atoms with E-state index in [9.17, 15) is 26.8 Å². The standard InChI is InChI=1S/C30H34ClF2IN4O6S3/c1-30(29(40)44-14-16-46-34)9-5-18(6-10-30)47(41,42)38-12-7-17(8-13-38)24-21(28(39)43-2)25(19-3-4-20(32)23(33)22(19)31)37-26(36-24)27-35-11-15-45-27/h3-4,11,15,17-18,25H,5-10,12-14,16H2,1-2H3,(H,36,37). The van der Waals surface area contributed by atoms with Gasteiger partial charge in [-0.1, -0.05) is 26.6 Å². The van der Waals surface area contributed by atoms with E-state index in [1.54, 1.807) is 20.5 Å². The third-order valence-corrected chi connectivity index (χ3v) is 14.2. The fourth-order valence-electron chi connectivity index (χ4n) is 6.33. The third-order valence-electron chi connectivity index (χ3n) is 9.04. The predicted octanol–water partition coefficient (Wildman–Crippen LogP) is 6.21. The number of carbonyl (C=O) groups is 2. The van der Waals surface area contributed by atoms with Crippen molar-refractivity contribution in [3.05, 3.63) is 62.2 Å². The van der Waals surface area contributed by atoms with Crippen molar-refractivity contribution in [2.24, 2.45) is 16.3 Å². The quantitative estimate of drug-likeness (QED) is 0.129. The normalized spacial score (nSPS) is 24.4. The van der Waals surface area contributed by atoms with Crippen LogP contribution < -0.4 is 5.32 Å².